The number of amides is 1. The van der Waals surface area contributed by atoms with Gasteiger partial charge < -0.3 is 9.64 Å². The van der Waals surface area contributed by atoms with E-state index in [1.54, 1.807) is 17.0 Å². The Labute approximate surface area is 166 Å². The zero-order chi connectivity index (χ0) is 17.8. The quantitative estimate of drug-likeness (QED) is 0.605. The van der Waals surface area contributed by atoms with E-state index in [0.717, 1.165) is 29.5 Å². The maximum Gasteiger partial charge on any atom is 0.254 e. The van der Waals surface area contributed by atoms with Crippen LogP contribution in [0.4, 0.5) is 0 Å². The lowest BCUT2D eigenvalue weighted by Crippen LogP contribution is -2.37. The van der Waals surface area contributed by atoms with Gasteiger partial charge in [0.05, 0.1) is 6.10 Å². The van der Waals surface area contributed by atoms with Gasteiger partial charge in [0.25, 0.3) is 5.91 Å². The van der Waals surface area contributed by atoms with Crippen LogP contribution in [0.2, 0.25) is 10.0 Å². The summed E-state index contributed by atoms with van der Waals surface area (Å²) in [6, 6.07) is 12.7. The van der Waals surface area contributed by atoms with Crippen molar-refractivity contribution in [2.45, 2.75) is 25.5 Å². The molecular formula is C19H18BrCl2NO2. The maximum atomic E-state index is 13.0. The van der Waals surface area contributed by atoms with Crippen molar-refractivity contribution < 1.29 is 9.53 Å². The van der Waals surface area contributed by atoms with Crippen molar-refractivity contribution in [1.29, 1.82) is 0 Å². The van der Waals surface area contributed by atoms with Crippen molar-refractivity contribution >= 4 is 45.0 Å². The van der Waals surface area contributed by atoms with Gasteiger partial charge in [-0.3, -0.25) is 4.79 Å². The van der Waals surface area contributed by atoms with E-state index in [4.69, 9.17) is 27.9 Å². The van der Waals surface area contributed by atoms with Gasteiger partial charge in [-0.05, 0) is 54.8 Å². The molecule has 1 aliphatic rings. The largest absolute Gasteiger partial charge is 0.376 e. The normalized spacial score (nSPS) is 16.8. The topological polar surface area (TPSA) is 29.5 Å². The van der Waals surface area contributed by atoms with E-state index in [1.165, 1.54) is 0 Å². The van der Waals surface area contributed by atoms with Crippen LogP contribution < -0.4 is 0 Å². The molecule has 1 fully saturated rings. The molecule has 1 aliphatic heterocycles. The molecule has 0 aromatic heterocycles. The molecule has 1 amide bonds. The van der Waals surface area contributed by atoms with Crippen molar-refractivity contribution in [3.63, 3.8) is 0 Å². The zero-order valence-electron chi connectivity index (χ0n) is 13.6. The third-order valence-electron chi connectivity index (χ3n) is 4.20. The van der Waals surface area contributed by atoms with Gasteiger partial charge in [-0.2, -0.15) is 0 Å². The summed E-state index contributed by atoms with van der Waals surface area (Å²) in [6.45, 7) is 1.73. The van der Waals surface area contributed by atoms with E-state index in [9.17, 15) is 4.79 Å². The molecule has 2 aromatic carbocycles. The van der Waals surface area contributed by atoms with Gasteiger partial charge in [-0.25, -0.2) is 0 Å². The molecule has 6 heteroatoms. The Morgan fingerprint density at radius 3 is 2.60 bits per heavy atom. The maximum absolute atomic E-state index is 13.0. The highest BCUT2D eigenvalue weighted by atomic mass is 79.9. The average Bonchev–Trinajstić information content (AvgIpc) is 3.10. The lowest BCUT2D eigenvalue weighted by atomic mass is 10.1. The van der Waals surface area contributed by atoms with Crippen molar-refractivity contribution in [2.24, 2.45) is 0 Å². The van der Waals surface area contributed by atoms with Crippen LogP contribution >= 0.6 is 39.1 Å². The van der Waals surface area contributed by atoms with Crippen LogP contribution in [-0.4, -0.2) is 30.1 Å². The fourth-order valence-corrected chi connectivity index (χ4v) is 3.62. The van der Waals surface area contributed by atoms with Crippen LogP contribution in [0.25, 0.3) is 0 Å². The fraction of sp³-hybridized carbons (Fsp3) is 0.316. The first-order valence-electron chi connectivity index (χ1n) is 8.13. The first-order chi connectivity index (χ1) is 12.0. The SMILES string of the molecule is O=C(c1ccc(Br)cc1)N(Cc1ccc(Cl)cc1Cl)CC1CCCO1. The standard InChI is InChI=1S/C19H18BrCl2NO2/c20-15-6-3-13(4-7-15)19(24)23(12-17-2-1-9-25-17)11-14-5-8-16(21)10-18(14)22/h3-8,10,17H,1-2,9,11-12H2. The van der Waals surface area contributed by atoms with Gasteiger partial charge in [0.15, 0.2) is 0 Å². The number of hydrogen-bond acceptors (Lipinski definition) is 2. The third-order valence-corrected chi connectivity index (χ3v) is 5.32. The zero-order valence-corrected chi connectivity index (χ0v) is 16.6. The van der Waals surface area contributed by atoms with Crippen molar-refractivity contribution in [2.75, 3.05) is 13.2 Å². The molecule has 132 valence electrons. The second-order valence-corrected chi connectivity index (χ2v) is 7.82. The van der Waals surface area contributed by atoms with E-state index >= 15 is 0 Å². The van der Waals surface area contributed by atoms with E-state index in [-0.39, 0.29) is 12.0 Å². The Morgan fingerprint density at radius 1 is 1.20 bits per heavy atom. The molecule has 2 aromatic rings. The fourth-order valence-electron chi connectivity index (χ4n) is 2.88. The number of benzene rings is 2. The summed E-state index contributed by atoms with van der Waals surface area (Å²) in [5, 5.41) is 1.15. The highest BCUT2D eigenvalue weighted by Crippen LogP contribution is 2.24. The highest BCUT2D eigenvalue weighted by molar-refractivity contribution is 9.10. The average molecular weight is 443 g/mol. The number of hydrogen-bond donors (Lipinski definition) is 0. The Balaban J connectivity index is 1.83. The Kier molecular flexibility index (Phi) is 6.39. The minimum Gasteiger partial charge on any atom is -0.376 e. The van der Waals surface area contributed by atoms with Gasteiger partial charge in [0, 0.05) is 39.8 Å². The van der Waals surface area contributed by atoms with Gasteiger partial charge in [-0.15, -0.1) is 0 Å². The summed E-state index contributed by atoms with van der Waals surface area (Å²) in [7, 11) is 0. The first-order valence-corrected chi connectivity index (χ1v) is 9.68. The molecule has 0 saturated carbocycles. The molecule has 0 bridgehead atoms. The van der Waals surface area contributed by atoms with Crippen molar-refractivity contribution in [1.82, 2.24) is 4.90 Å². The van der Waals surface area contributed by atoms with Gasteiger partial charge in [0.1, 0.15) is 0 Å². The summed E-state index contributed by atoms with van der Waals surface area (Å²) in [4.78, 5) is 14.8. The van der Waals surface area contributed by atoms with Gasteiger partial charge >= 0.3 is 0 Å². The van der Waals surface area contributed by atoms with Crippen molar-refractivity contribution in [3.8, 4) is 0 Å². The summed E-state index contributed by atoms with van der Waals surface area (Å²) in [6.07, 6.45) is 2.08. The molecule has 3 nitrogen and oxygen atoms in total. The van der Waals surface area contributed by atoms with Crippen LogP contribution in [-0.2, 0) is 11.3 Å². The van der Waals surface area contributed by atoms with E-state index in [0.29, 0.717) is 28.7 Å². The number of carbonyl (C=O) groups excluding carboxylic acids is 1. The second kappa shape index (κ2) is 8.54. The molecule has 1 atom stereocenters. The molecule has 0 radical (unpaired) electrons. The number of nitrogens with zero attached hydrogens (tertiary/aromatic N) is 1. The summed E-state index contributed by atoms with van der Waals surface area (Å²) in [5.41, 5.74) is 1.51. The monoisotopic (exact) mass is 441 g/mol. The van der Waals surface area contributed by atoms with E-state index < -0.39 is 0 Å². The predicted octanol–water partition coefficient (Wildman–Crippen LogP) is 5.58. The molecule has 0 N–H and O–H groups in total. The molecule has 1 unspecified atom stereocenters. The van der Waals surface area contributed by atoms with Crippen molar-refractivity contribution in [3.05, 3.63) is 68.1 Å². The lowest BCUT2D eigenvalue weighted by molar-refractivity contribution is 0.0507. The number of carbonyl (C=O) groups is 1. The van der Waals surface area contributed by atoms with Crippen LogP contribution in [0.15, 0.2) is 46.9 Å². The molecular weight excluding hydrogens is 425 g/mol. The van der Waals surface area contributed by atoms with E-state index in [1.807, 2.05) is 30.3 Å². The smallest absolute Gasteiger partial charge is 0.254 e. The molecule has 1 heterocycles. The minimum atomic E-state index is -0.0333. The summed E-state index contributed by atoms with van der Waals surface area (Å²) in [5.74, 6) is -0.0333. The predicted molar refractivity (Wildman–Crippen MR) is 104 cm³/mol. The Bertz CT molecular complexity index is 746. The third kappa shape index (κ3) is 4.98. The van der Waals surface area contributed by atoms with Crippen LogP contribution in [0, 0.1) is 0 Å². The van der Waals surface area contributed by atoms with Crippen LogP contribution in [0.3, 0.4) is 0 Å². The van der Waals surface area contributed by atoms with Crippen LogP contribution in [0.5, 0.6) is 0 Å². The highest BCUT2D eigenvalue weighted by Gasteiger charge is 2.24. The number of halogens is 3. The van der Waals surface area contributed by atoms with Crippen LogP contribution in [0.1, 0.15) is 28.8 Å². The minimum absolute atomic E-state index is 0.0333. The molecule has 25 heavy (non-hydrogen) atoms. The number of ether oxygens (including phenoxy) is 1. The second-order valence-electron chi connectivity index (χ2n) is 6.06. The van der Waals surface area contributed by atoms with Gasteiger partial charge in [0.2, 0.25) is 0 Å². The molecule has 0 spiro atoms. The first kappa shape index (κ1) is 18.7. The summed E-state index contributed by atoms with van der Waals surface area (Å²) >= 11 is 15.7. The number of rotatable bonds is 5. The Morgan fingerprint density at radius 2 is 1.96 bits per heavy atom. The lowest BCUT2D eigenvalue weighted by Gasteiger charge is -2.26. The summed E-state index contributed by atoms with van der Waals surface area (Å²) < 4.78 is 6.66. The van der Waals surface area contributed by atoms with E-state index in [2.05, 4.69) is 15.9 Å². The molecule has 1 saturated heterocycles. The van der Waals surface area contributed by atoms with Gasteiger partial charge in [-0.1, -0.05) is 45.2 Å². The molecule has 3 rings (SSSR count). The molecule has 0 aliphatic carbocycles. The Hall–Kier alpha value is -1.07.